The van der Waals surface area contributed by atoms with E-state index in [1.807, 2.05) is 5.32 Å². The van der Waals surface area contributed by atoms with Gasteiger partial charge in [-0.1, -0.05) is 0 Å². The summed E-state index contributed by atoms with van der Waals surface area (Å²) < 4.78 is 4.43. The lowest BCUT2D eigenvalue weighted by Crippen LogP contribution is -2.53. The largest absolute Gasteiger partial charge is 0.462 e. The van der Waals surface area contributed by atoms with E-state index in [0.717, 1.165) is 0 Å². The maximum Gasteiger partial charge on any atom is 0.370 e. The monoisotopic (exact) mass is 193 g/mol. The van der Waals surface area contributed by atoms with Crippen molar-refractivity contribution in [3.05, 3.63) is 0 Å². The number of carbonyl (C=O) groups is 1. The molecule has 12 heavy (non-hydrogen) atoms. The van der Waals surface area contributed by atoms with Crippen molar-refractivity contribution in [3.8, 4) is 0 Å². The number of aliphatic hydroxyl groups is 1. The molecule has 5 N–H and O–H groups in total. The van der Waals surface area contributed by atoms with Crippen molar-refractivity contribution in [2.45, 2.75) is 12.0 Å². The molecule has 0 aliphatic rings. The van der Waals surface area contributed by atoms with Gasteiger partial charge in [0.15, 0.2) is 5.96 Å². The van der Waals surface area contributed by atoms with E-state index in [2.05, 4.69) is 17.4 Å². The van der Waals surface area contributed by atoms with Crippen LogP contribution in [0.25, 0.3) is 0 Å². The highest BCUT2D eigenvalue weighted by molar-refractivity contribution is 7.82. The molecule has 0 saturated carbocycles. The highest BCUT2D eigenvalue weighted by atomic mass is 32.1. The van der Waals surface area contributed by atoms with Crippen molar-refractivity contribution < 1.29 is 14.6 Å². The maximum absolute atomic E-state index is 10.8. The first-order valence-electron chi connectivity index (χ1n) is 3.14. The Morgan fingerprint density at radius 1 is 1.92 bits per heavy atom. The van der Waals surface area contributed by atoms with Gasteiger partial charge in [0.2, 0.25) is 0 Å². The molecule has 0 aliphatic heterocycles. The average Bonchev–Trinajstić information content (AvgIpc) is 1.85. The second kappa shape index (κ2) is 4.17. The number of carbonyl (C=O) groups excluding carboxylic acids is 1. The van der Waals surface area contributed by atoms with E-state index in [0.29, 0.717) is 0 Å². The Balaban J connectivity index is 4.18. The van der Waals surface area contributed by atoms with Crippen LogP contribution in [0.1, 0.15) is 6.92 Å². The van der Waals surface area contributed by atoms with Gasteiger partial charge in [0.05, 0.1) is 6.61 Å². The minimum atomic E-state index is -2.23. The molecule has 6 nitrogen and oxygen atoms in total. The lowest BCUT2D eigenvalue weighted by molar-refractivity contribution is -0.156. The van der Waals surface area contributed by atoms with Crippen LogP contribution >= 0.6 is 12.6 Å². The van der Waals surface area contributed by atoms with E-state index in [4.69, 9.17) is 16.2 Å². The first-order valence-corrected chi connectivity index (χ1v) is 3.59. The minimum Gasteiger partial charge on any atom is -0.462 e. The third-order valence-electron chi connectivity index (χ3n) is 0.869. The SMILES string of the molecule is CCOC(=O)C(O)(S)NC(=N)N. The van der Waals surface area contributed by atoms with E-state index in [9.17, 15) is 4.79 Å². The quantitative estimate of drug-likeness (QED) is 0.125. The Morgan fingerprint density at radius 3 is 2.75 bits per heavy atom. The summed E-state index contributed by atoms with van der Waals surface area (Å²) in [7, 11) is 0. The molecule has 1 atom stereocenters. The maximum atomic E-state index is 10.8. The van der Waals surface area contributed by atoms with Crippen LogP contribution in [0.15, 0.2) is 0 Å². The van der Waals surface area contributed by atoms with Crippen LogP contribution in [0.5, 0.6) is 0 Å². The predicted octanol–water partition coefficient (Wildman–Crippen LogP) is -1.39. The third-order valence-corrected chi connectivity index (χ3v) is 1.16. The molecule has 0 radical (unpaired) electrons. The van der Waals surface area contributed by atoms with Crippen LogP contribution in [0.4, 0.5) is 0 Å². The summed E-state index contributed by atoms with van der Waals surface area (Å²) in [5.74, 6) is -1.57. The topological polar surface area (TPSA) is 108 Å². The summed E-state index contributed by atoms with van der Waals surface area (Å²) in [6.45, 7) is 1.69. The summed E-state index contributed by atoms with van der Waals surface area (Å²) in [4.78, 5) is 10.8. The van der Waals surface area contributed by atoms with Gasteiger partial charge in [-0.2, -0.15) is 0 Å². The van der Waals surface area contributed by atoms with Crippen LogP contribution in [0, 0.1) is 5.41 Å². The normalized spacial score (nSPS) is 14.6. The van der Waals surface area contributed by atoms with Crippen molar-refractivity contribution in [2.24, 2.45) is 5.73 Å². The predicted molar refractivity (Wildman–Crippen MR) is 45.6 cm³/mol. The fourth-order valence-electron chi connectivity index (χ4n) is 0.471. The van der Waals surface area contributed by atoms with Gasteiger partial charge in [-0.15, -0.1) is 12.6 Å². The highest BCUT2D eigenvalue weighted by Crippen LogP contribution is 2.07. The zero-order valence-electron chi connectivity index (χ0n) is 6.50. The second-order valence-electron chi connectivity index (χ2n) is 1.93. The lowest BCUT2D eigenvalue weighted by Gasteiger charge is -2.20. The molecule has 0 aromatic heterocycles. The smallest absolute Gasteiger partial charge is 0.370 e. The van der Waals surface area contributed by atoms with Gasteiger partial charge in [0, 0.05) is 0 Å². The number of guanidine groups is 1. The van der Waals surface area contributed by atoms with E-state index in [1.54, 1.807) is 6.92 Å². The fourth-order valence-corrected chi connectivity index (χ4v) is 0.656. The van der Waals surface area contributed by atoms with Gasteiger partial charge >= 0.3 is 5.97 Å². The van der Waals surface area contributed by atoms with Crippen molar-refractivity contribution in [1.29, 1.82) is 5.41 Å². The molecule has 0 heterocycles. The van der Waals surface area contributed by atoms with Gasteiger partial charge in [-0.05, 0) is 6.92 Å². The number of hydrogen-bond acceptors (Lipinski definition) is 5. The van der Waals surface area contributed by atoms with Crippen LogP contribution in [0.2, 0.25) is 0 Å². The van der Waals surface area contributed by atoms with E-state index in [1.165, 1.54) is 0 Å². The Hall–Kier alpha value is -0.950. The second-order valence-corrected chi connectivity index (χ2v) is 2.58. The molecule has 0 bridgehead atoms. The van der Waals surface area contributed by atoms with Crippen LogP contribution in [0.3, 0.4) is 0 Å². The molecule has 70 valence electrons. The summed E-state index contributed by atoms with van der Waals surface area (Å²) in [6.07, 6.45) is 0. The Morgan fingerprint density at radius 2 is 2.42 bits per heavy atom. The minimum absolute atomic E-state index is 0.112. The van der Waals surface area contributed by atoms with Crippen molar-refractivity contribution in [3.63, 3.8) is 0 Å². The summed E-state index contributed by atoms with van der Waals surface area (Å²) >= 11 is 3.50. The number of nitrogens with two attached hydrogens (primary N) is 1. The molecule has 0 aliphatic carbocycles. The average molecular weight is 193 g/mol. The zero-order chi connectivity index (χ0) is 9.78. The first kappa shape index (κ1) is 11.1. The molecule has 0 aromatic rings. The van der Waals surface area contributed by atoms with Gasteiger partial charge in [0.25, 0.3) is 5.06 Å². The Kier molecular flexibility index (Phi) is 3.84. The number of rotatable bonds is 3. The Bertz CT molecular complexity index is 194. The molecule has 0 aromatic carbocycles. The third kappa shape index (κ3) is 3.44. The van der Waals surface area contributed by atoms with Gasteiger partial charge in [-0.3, -0.25) is 5.41 Å². The molecule has 0 saturated heterocycles. The fraction of sp³-hybridized carbons (Fsp3) is 0.600. The Labute approximate surface area is 75.0 Å². The van der Waals surface area contributed by atoms with Crippen molar-refractivity contribution in [2.75, 3.05) is 6.61 Å². The van der Waals surface area contributed by atoms with Crippen molar-refractivity contribution >= 4 is 24.6 Å². The number of hydrogen-bond donors (Lipinski definition) is 5. The van der Waals surface area contributed by atoms with Crippen molar-refractivity contribution in [1.82, 2.24) is 5.32 Å². The first-order chi connectivity index (χ1) is 5.40. The highest BCUT2D eigenvalue weighted by Gasteiger charge is 2.33. The molecular formula is C5H11N3O3S. The molecular weight excluding hydrogens is 182 g/mol. The molecule has 0 spiro atoms. The summed E-state index contributed by atoms with van der Waals surface area (Å²) in [5.41, 5.74) is 4.87. The van der Waals surface area contributed by atoms with Gasteiger partial charge in [-0.25, -0.2) is 4.79 Å². The van der Waals surface area contributed by atoms with E-state index >= 15 is 0 Å². The summed E-state index contributed by atoms with van der Waals surface area (Å²) in [5, 5.41) is 15.5. The summed E-state index contributed by atoms with van der Waals surface area (Å²) in [6, 6.07) is 0. The standard InChI is InChI=1S/C5H11N3O3S/c1-2-11-3(9)5(10,12)8-4(6)7/h10,12H,2H2,1H3,(H4,6,7,8). The number of thiol groups is 1. The van der Waals surface area contributed by atoms with Gasteiger partial charge < -0.3 is 20.9 Å². The number of ether oxygens (including phenoxy) is 1. The molecule has 0 fully saturated rings. The molecule has 0 amide bonds. The molecule has 1 unspecified atom stereocenters. The van der Waals surface area contributed by atoms with E-state index < -0.39 is 17.0 Å². The zero-order valence-corrected chi connectivity index (χ0v) is 7.39. The van der Waals surface area contributed by atoms with Crippen LogP contribution < -0.4 is 11.1 Å². The van der Waals surface area contributed by atoms with Crippen LogP contribution in [-0.2, 0) is 9.53 Å². The van der Waals surface area contributed by atoms with Crippen LogP contribution in [-0.4, -0.2) is 28.7 Å². The van der Waals surface area contributed by atoms with E-state index in [-0.39, 0.29) is 6.61 Å². The lowest BCUT2D eigenvalue weighted by atomic mass is 10.5. The number of nitrogens with one attached hydrogen (secondary N) is 2. The molecule has 7 heteroatoms. The van der Waals surface area contributed by atoms with Gasteiger partial charge in [0.1, 0.15) is 0 Å². The molecule has 0 rings (SSSR count). The number of esters is 1.